The van der Waals surface area contributed by atoms with Crippen LogP contribution in [0, 0.1) is 0 Å². The smallest absolute Gasteiger partial charge is 0.412 e. The molecule has 0 aliphatic heterocycles. The van der Waals surface area contributed by atoms with E-state index in [1.54, 1.807) is 45.0 Å². The van der Waals surface area contributed by atoms with E-state index in [1.165, 1.54) is 0 Å². The van der Waals surface area contributed by atoms with Crippen molar-refractivity contribution in [3.05, 3.63) is 34.8 Å². The third-order valence-electron chi connectivity index (χ3n) is 2.37. The molecular formula is C14H15Cl2N5O2. The fourth-order valence-corrected chi connectivity index (χ4v) is 1.93. The van der Waals surface area contributed by atoms with E-state index in [2.05, 4.69) is 25.6 Å². The summed E-state index contributed by atoms with van der Waals surface area (Å²) in [5.41, 5.74) is 0.734. The van der Waals surface area contributed by atoms with Crippen molar-refractivity contribution in [3.8, 4) is 0 Å². The van der Waals surface area contributed by atoms with Gasteiger partial charge in [0, 0.05) is 11.4 Å². The van der Waals surface area contributed by atoms with Crippen LogP contribution in [0.15, 0.2) is 24.3 Å². The van der Waals surface area contributed by atoms with E-state index >= 15 is 0 Å². The van der Waals surface area contributed by atoms with Crippen molar-refractivity contribution >= 4 is 46.6 Å². The fraction of sp³-hybridized carbons (Fsp3) is 0.286. The molecule has 122 valence electrons. The van der Waals surface area contributed by atoms with Gasteiger partial charge in [-0.1, -0.05) is 0 Å². The molecule has 0 saturated carbocycles. The number of halogens is 2. The van der Waals surface area contributed by atoms with Gasteiger partial charge in [-0.15, -0.1) is 0 Å². The molecule has 1 aromatic carbocycles. The summed E-state index contributed by atoms with van der Waals surface area (Å²) in [6.07, 6.45) is -0.519. The Labute approximate surface area is 143 Å². The van der Waals surface area contributed by atoms with E-state index in [0.29, 0.717) is 11.4 Å². The zero-order valence-electron chi connectivity index (χ0n) is 12.7. The van der Waals surface area contributed by atoms with E-state index in [-0.39, 0.29) is 16.5 Å². The van der Waals surface area contributed by atoms with Crippen LogP contribution in [-0.2, 0) is 4.74 Å². The summed E-state index contributed by atoms with van der Waals surface area (Å²) in [5, 5.41) is 5.56. The van der Waals surface area contributed by atoms with E-state index in [9.17, 15) is 4.79 Å². The first-order valence-corrected chi connectivity index (χ1v) is 7.41. The quantitative estimate of drug-likeness (QED) is 0.854. The van der Waals surface area contributed by atoms with Crippen LogP contribution < -0.4 is 10.6 Å². The number of benzene rings is 1. The molecule has 0 saturated heterocycles. The second kappa shape index (κ2) is 6.97. The summed E-state index contributed by atoms with van der Waals surface area (Å²) in [5.74, 6) is 0.225. The number of nitrogens with zero attached hydrogens (tertiary/aromatic N) is 3. The Morgan fingerprint density at radius 3 is 2.04 bits per heavy atom. The van der Waals surface area contributed by atoms with Crippen molar-refractivity contribution in [3.63, 3.8) is 0 Å². The van der Waals surface area contributed by atoms with Crippen LogP contribution in [-0.4, -0.2) is 26.6 Å². The predicted molar refractivity (Wildman–Crippen MR) is 89.4 cm³/mol. The third-order valence-corrected chi connectivity index (χ3v) is 2.71. The lowest BCUT2D eigenvalue weighted by Gasteiger charge is -2.19. The molecule has 23 heavy (non-hydrogen) atoms. The first-order valence-electron chi connectivity index (χ1n) is 6.65. The van der Waals surface area contributed by atoms with Crippen LogP contribution in [0.1, 0.15) is 20.8 Å². The lowest BCUT2D eigenvalue weighted by Crippen LogP contribution is -2.27. The summed E-state index contributed by atoms with van der Waals surface area (Å²) < 4.78 is 5.17. The van der Waals surface area contributed by atoms with Gasteiger partial charge in [0.15, 0.2) is 0 Å². The third kappa shape index (κ3) is 5.88. The lowest BCUT2D eigenvalue weighted by atomic mass is 10.2. The van der Waals surface area contributed by atoms with Crippen molar-refractivity contribution in [1.82, 2.24) is 15.0 Å². The van der Waals surface area contributed by atoms with Gasteiger partial charge in [0.25, 0.3) is 0 Å². The number of anilines is 3. The highest BCUT2D eigenvalue weighted by Crippen LogP contribution is 2.19. The second-order valence-corrected chi connectivity index (χ2v) is 6.20. The van der Waals surface area contributed by atoms with Crippen molar-refractivity contribution in [2.24, 2.45) is 0 Å². The van der Waals surface area contributed by atoms with Crippen LogP contribution in [0.2, 0.25) is 10.6 Å². The molecule has 0 atom stereocenters. The number of amides is 1. The minimum absolute atomic E-state index is 0.00397. The molecule has 7 nitrogen and oxygen atoms in total. The standard InChI is InChI=1S/C14H15Cl2N5O2/c1-14(2,3)23-13(22)18-9-6-4-8(5-7-9)17-12-20-10(15)19-11(16)21-12/h4-7H,1-3H3,(H,18,22)(H,17,19,20,21). The predicted octanol–water partition coefficient (Wildman–Crippen LogP) is 4.27. The van der Waals surface area contributed by atoms with Crippen molar-refractivity contribution in [2.75, 3.05) is 10.6 Å². The van der Waals surface area contributed by atoms with Gasteiger partial charge in [0.2, 0.25) is 16.5 Å². The highest BCUT2D eigenvalue weighted by molar-refractivity contribution is 6.31. The van der Waals surface area contributed by atoms with Crippen LogP contribution in [0.5, 0.6) is 0 Å². The normalized spacial score (nSPS) is 11.0. The number of aromatic nitrogens is 3. The SMILES string of the molecule is CC(C)(C)OC(=O)Nc1ccc(Nc2nc(Cl)nc(Cl)n2)cc1. The van der Waals surface area contributed by atoms with E-state index in [0.717, 1.165) is 0 Å². The Bertz CT molecular complexity index is 681. The molecule has 0 fully saturated rings. The average molecular weight is 356 g/mol. The number of rotatable bonds is 3. The zero-order valence-corrected chi connectivity index (χ0v) is 14.2. The first kappa shape index (κ1) is 17.2. The number of hydrogen-bond donors (Lipinski definition) is 2. The molecule has 2 N–H and O–H groups in total. The summed E-state index contributed by atoms with van der Waals surface area (Å²) in [6, 6.07) is 6.88. The van der Waals surface area contributed by atoms with Gasteiger partial charge < -0.3 is 10.1 Å². The van der Waals surface area contributed by atoms with Crippen molar-refractivity contribution in [1.29, 1.82) is 0 Å². The molecule has 0 spiro atoms. The van der Waals surface area contributed by atoms with Crippen LogP contribution in [0.25, 0.3) is 0 Å². The molecule has 1 aromatic heterocycles. The largest absolute Gasteiger partial charge is 0.444 e. The maximum Gasteiger partial charge on any atom is 0.412 e. The van der Waals surface area contributed by atoms with Crippen LogP contribution in [0.4, 0.5) is 22.1 Å². The molecule has 2 aromatic rings. The minimum atomic E-state index is -0.553. The van der Waals surface area contributed by atoms with E-state index < -0.39 is 11.7 Å². The molecule has 0 aliphatic rings. The van der Waals surface area contributed by atoms with Gasteiger partial charge >= 0.3 is 6.09 Å². The van der Waals surface area contributed by atoms with Gasteiger partial charge in [-0.3, -0.25) is 5.32 Å². The fourth-order valence-electron chi connectivity index (χ4n) is 1.57. The highest BCUT2D eigenvalue weighted by atomic mass is 35.5. The van der Waals surface area contributed by atoms with Gasteiger partial charge in [-0.05, 0) is 68.2 Å². The number of ether oxygens (including phenoxy) is 1. The zero-order chi connectivity index (χ0) is 17.0. The molecule has 1 heterocycles. The van der Waals surface area contributed by atoms with Crippen LogP contribution in [0.3, 0.4) is 0 Å². The molecule has 2 rings (SSSR count). The number of hydrogen-bond acceptors (Lipinski definition) is 6. The number of nitrogens with one attached hydrogen (secondary N) is 2. The average Bonchev–Trinajstić information content (AvgIpc) is 2.37. The monoisotopic (exact) mass is 355 g/mol. The highest BCUT2D eigenvalue weighted by Gasteiger charge is 2.16. The summed E-state index contributed by atoms with van der Waals surface area (Å²) in [7, 11) is 0. The maximum absolute atomic E-state index is 11.7. The lowest BCUT2D eigenvalue weighted by molar-refractivity contribution is 0.0636. The summed E-state index contributed by atoms with van der Waals surface area (Å²) in [6.45, 7) is 5.39. The Balaban J connectivity index is 2.00. The Morgan fingerprint density at radius 1 is 1.00 bits per heavy atom. The van der Waals surface area contributed by atoms with Crippen molar-refractivity contribution < 1.29 is 9.53 Å². The van der Waals surface area contributed by atoms with Crippen molar-refractivity contribution in [2.45, 2.75) is 26.4 Å². The molecule has 0 unspecified atom stereocenters. The van der Waals surface area contributed by atoms with Gasteiger partial charge in [-0.2, -0.15) is 15.0 Å². The molecular weight excluding hydrogens is 341 g/mol. The first-order chi connectivity index (χ1) is 10.7. The molecule has 0 aliphatic carbocycles. The Morgan fingerprint density at radius 2 is 1.52 bits per heavy atom. The molecule has 0 bridgehead atoms. The molecule has 0 radical (unpaired) electrons. The van der Waals surface area contributed by atoms with Gasteiger partial charge in [-0.25, -0.2) is 4.79 Å². The minimum Gasteiger partial charge on any atom is -0.444 e. The number of carbonyl (C=O) groups excluding carboxylic acids is 1. The van der Waals surface area contributed by atoms with Gasteiger partial charge in [0.05, 0.1) is 0 Å². The molecule has 1 amide bonds. The summed E-state index contributed by atoms with van der Waals surface area (Å²) >= 11 is 11.4. The molecule has 9 heteroatoms. The Hall–Kier alpha value is -2.12. The van der Waals surface area contributed by atoms with E-state index in [1.807, 2.05) is 0 Å². The summed E-state index contributed by atoms with van der Waals surface area (Å²) in [4.78, 5) is 23.1. The van der Waals surface area contributed by atoms with Gasteiger partial charge in [0.1, 0.15) is 5.60 Å². The Kier molecular flexibility index (Phi) is 5.23. The topological polar surface area (TPSA) is 89.0 Å². The van der Waals surface area contributed by atoms with E-state index in [4.69, 9.17) is 27.9 Å². The maximum atomic E-state index is 11.7. The second-order valence-electron chi connectivity index (χ2n) is 5.53. The van der Waals surface area contributed by atoms with Crippen LogP contribution >= 0.6 is 23.2 Å². The number of carbonyl (C=O) groups is 1.